The van der Waals surface area contributed by atoms with Gasteiger partial charge in [0.2, 0.25) is 0 Å². The first kappa shape index (κ1) is 14.3. The molecule has 0 heterocycles. The fourth-order valence-corrected chi connectivity index (χ4v) is 2.99. The minimum Gasteiger partial charge on any atom is -0.389 e. The molecule has 0 aromatic heterocycles. The van der Waals surface area contributed by atoms with E-state index in [2.05, 4.69) is 11.4 Å². The van der Waals surface area contributed by atoms with E-state index in [1.807, 2.05) is 12.1 Å². The first-order chi connectivity index (χ1) is 9.72. The summed E-state index contributed by atoms with van der Waals surface area (Å²) in [4.78, 5) is 0. The lowest BCUT2D eigenvalue weighted by atomic mass is 10.1. The number of halogens is 1. The van der Waals surface area contributed by atoms with Gasteiger partial charge >= 0.3 is 0 Å². The number of aliphatic hydroxyl groups is 1. The van der Waals surface area contributed by atoms with Gasteiger partial charge in [-0.05, 0) is 54.9 Å². The molecule has 0 saturated heterocycles. The van der Waals surface area contributed by atoms with E-state index in [0.717, 1.165) is 30.4 Å². The highest BCUT2D eigenvalue weighted by Gasteiger charge is 2.24. The SMILES string of the molecule is OC(CNC1CCc2cc(Cl)ccc21)COCC1CC1. The molecule has 1 fully saturated rings. The Balaban J connectivity index is 1.42. The third-order valence-corrected chi connectivity index (χ3v) is 4.38. The maximum absolute atomic E-state index is 9.93. The number of ether oxygens (including phenoxy) is 1. The smallest absolute Gasteiger partial charge is 0.0897 e. The summed E-state index contributed by atoms with van der Waals surface area (Å²) < 4.78 is 5.51. The lowest BCUT2D eigenvalue weighted by Gasteiger charge is -2.17. The Labute approximate surface area is 125 Å². The number of rotatable bonds is 7. The monoisotopic (exact) mass is 295 g/mol. The molecule has 2 unspecified atom stereocenters. The van der Waals surface area contributed by atoms with Crippen molar-refractivity contribution in [3.63, 3.8) is 0 Å². The summed E-state index contributed by atoms with van der Waals surface area (Å²) in [5.41, 5.74) is 2.65. The van der Waals surface area contributed by atoms with Gasteiger partial charge in [0.1, 0.15) is 0 Å². The molecule has 110 valence electrons. The Morgan fingerprint density at radius 3 is 3.00 bits per heavy atom. The molecule has 0 aliphatic heterocycles. The van der Waals surface area contributed by atoms with E-state index in [-0.39, 0.29) is 0 Å². The van der Waals surface area contributed by atoms with E-state index < -0.39 is 6.10 Å². The van der Waals surface area contributed by atoms with Crippen molar-refractivity contribution in [2.24, 2.45) is 5.92 Å². The van der Waals surface area contributed by atoms with Crippen LogP contribution in [0.4, 0.5) is 0 Å². The number of aliphatic hydroxyl groups excluding tert-OH is 1. The maximum Gasteiger partial charge on any atom is 0.0897 e. The zero-order chi connectivity index (χ0) is 13.9. The third kappa shape index (κ3) is 3.73. The Morgan fingerprint density at radius 1 is 1.35 bits per heavy atom. The Kier molecular flexibility index (Phi) is 4.61. The molecule has 1 aromatic rings. The van der Waals surface area contributed by atoms with Gasteiger partial charge in [-0.15, -0.1) is 0 Å². The number of hydrogen-bond acceptors (Lipinski definition) is 3. The Bertz CT molecular complexity index is 462. The molecule has 1 saturated carbocycles. The second-order valence-electron chi connectivity index (χ2n) is 5.98. The van der Waals surface area contributed by atoms with Crippen molar-refractivity contribution < 1.29 is 9.84 Å². The zero-order valence-corrected chi connectivity index (χ0v) is 12.4. The molecule has 0 amide bonds. The predicted octanol–water partition coefficient (Wildman–Crippen LogP) is 2.70. The van der Waals surface area contributed by atoms with Crippen LogP contribution in [0.1, 0.15) is 36.4 Å². The molecule has 0 bridgehead atoms. The van der Waals surface area contributed by atoms with Crippen molar-refractivity contribution >= 4 is 11.6 Å². The molecule has 3 nitrogen and oxygen atoms in total. The standard InChI is InChI=1S/C16H22ClNO2/c17-13-4-5-15-12(7-13)3-6-16(15)18-8-14(19)10-20-9-11-1-2-11/h4-5,7,11,14,16,18-19H,1-3,6,8-10H2. The lowest BCUT2D eigenvalue weighted by Crippen LogP contribution is -2.32. The highest BCUT2D eigenvalue weighted by molar-refractivity contribution is 6.30. The first-order valence-electron chi connectivity index (χ1n) is 7.50. The van der Waals surface area contributed by atoms with E-state index >= 15 is 0 Å². The van der Waals surface area contributed by atoms with Crippen molar-refractivity contribution in [3.05, 3.63) is 34.3 Å². The molecule has 20 heavy (non-hydrogen) atoms. The minimum absolute atomic E-state index is 0.334. The van der Waals surface area contributed by atoms with Gasteiger partial charge < -0.3 is 15.2 Å². The van der Waals surface area contributed by atoms with Crippen LogP contribution in [0.15, 0.2) is 18.2 Å². The molecule has 3 rings (SSSR count). The molecule has 0 spiro atoms. The maximum atomic E-state index is 9.93. The molecular formula is C16H22ClNO2. The number of nitrogens with one attached hydrogen (secondary N) is 1. The zero-order valence-electron chi connectivity index (χ0n) is 11.6. The average molecular weight is 296 g/mol. The number of aryl methyl sites for hydroxylation is 1. The van der Waals surface area contributed by atoms with Crippen LogP contribution in [0.25, 0.3) is 0 Å². The van der Waals surface area contributed by atoms with Crippen molar-refractivity contribution in [3.8, 4) is 0 Å². The normalized spacial score (nSPS) is 22.8. The van der Waals surface area contributed by atoms with Gasteiger partial charge in [0.05, 0.1) is 12.7 Å². The van der Waals surface area contributed by atoms with Gasteiger partial charge in [-0.3, -0.25) is 0 Å². The van der Waals surface area contributed by atoms with Crippen LogP contribution in [-0.2, 0) is 11.2 Å². The van der Waals surface area contributed by atoms with E-state index in [1.165, 1.54) is 24.0 Å². The first-order valence-corrected chi connectivity index (χ1v) is 7.87. The van der Waals surface area contributed by atoms with Gasteiger partial charge in [-0.1, -0.05) is 17.7 Å². The van der Waals surface area contributed by atoms with Crippen molar-refractivity contribution in [1.29, 1.82) is 0 Å². The molecule has 2 aliphatic rings. The quantitative estimate of drug-likeness (QED) is 0.813. The fourth-order valence-electron chi connectivity index (χ4n) is 2.79. The van der Waals surface area contributed by atoms with Gasteiger partial charge in [0.25, 0.3) is 0 Å². The summed E-state index contributed by atoms with van der Waals surface area (Å²) in [6, 6.07) is 6.42. The largest absolute Gasteiger partial charge is 0.389 e. The average Bonchev–Trinajstić information content (AvgIpc) is 3.16. The van der Waals surface area contributed by atoms with Crippen LogP contribution in [0, 0.1) is 5.92 Å². The molecule has 1 aromatic carbocycles. The van der Waals surface area contributed by atoms with Crippen LogP contribution in [0.5, 0.6) is 0 Å². The lowest BCUT2D eigenvalue weighted by molar-refractivity contribution is 0.0312. The van der Waals surface area contributed by atoms with Crippen LogP contribution < -0.4 is 5.32 Å². The Hall–Kier alpha value is -0.610. The second kappa shape index (κ2) is 6.44. The fraction of sp³-hybridized carbons (Fsp3) is 0.625. The molecule has 4 heteroatoms. The van der Waals surface area contributed by atoms with Gasteiger partial charge in [0.15, 0.2) is 0 Å². The van der Waals surface area contributed by atoms with Crippen LogP contribution >= 0.6 is 11.6 Å². The van der Waals surface area contributed by atoms with E-state index in [1.54, 1.807) is 0 Å². The topological polar surface area (TPSA) is 41.5 Å². The third-order valence-electron chi connectivity index (χ3n) is 4.14. The van der Waals surface area contributed by atoms with E-state index in [9.17, 15) is 5.11 Å². The number of fused-ring (bicyclic) bond motifs is 1. The molecule has 2 aliphatic carbocycles. The number of benzene rings is 1. The summed E-state index contributed by atoms with van der Waals surface area (Å²) in [5, 5.41) is 14.2. The Morgan fingerprint density at radius 2 is 2.20 bits per heavy atom. The molecule has 0 radical (unpaired) electrons. The predicted molar refractivity (Wildman–Crippen MR) is 80.1 cm³/mol. The van der Waals surface area contributed by atoms with E-state index in [4.69, 9.17) is 16.3 Å². The summed E-state index contributed by atoms with van der Waals surface area (Å²) >= 11 is 6.01. The van der Waals surface area contributed by atoms with Crippen LogP contribution in [-0.4, -0.2) is 31.0 Å². The highest BCUT2D eigenvalue weighted by Crippen LogP contribution is 2.32. The molecular weight excluding hydrogens is 274 g/mol. The van der Waals surface area contributed by atoms with Crippen LogP contribution in [0.3, 0.4) is 0 Å². The highest BCUT2D eigenvalue weighted by atomic mass is 35.5. The number of hydrogen-bond donors (Lipinski definition) is 2. The minimum atomic E-state index is -0.426. The molecule has 2 atom stereocenters. The second-order valence-corrected chi connectivity index (χ2v) is 6.41. The summed E-state index contributed by atoms with van der Waals surface area (Å²) in [6.07, 6.45) is 4.28. The van der Waals surface area contributed by atoms with Gasteiger partial charge in [-0.2, -0.15) is 0 Å². The van der Waals surface area contributed by atoms with Gasteiger partial charge in [-0.25, -0.2) is 0 Å². The summed E-state index contributed by atoms with van der Waals surface area (Å²) in [7, 11) is 0. The van der Waals surface area contributed by atoms with Gasteiger partial charge in [0, 0.05) is 24.2 Å². The van der Waals surface area contributed by atoms with Crippen LogP contribution in [0.2, 0.25) is 5.02 Å². The van der Waals surface area contributed by atoms with Crippen molar-refractivity contribution in [2.45, 2.75) is 37.8 Å². The van der Waals surface area contributed by atoms with Crippen molar-refractivity contribution in [2.75, 3.05) is 19.8 Å². The van der Waals surface area contributed by atoms with Crippen molar-refractivity contribution in [1.82, 2.24) is 5.32 Å². The summed E-state index contributed by atoms with van der Waals surface area (Å²) in [5.74, 6) is 0.751. The summed E-state index contributed by atoms with van der Waals surface area (Å²) in [6.45, 7) is 1.82. The van der Waals surface area contributed by atoms with E-state index in [0.29, 0.717) is 19.2 Å². The molecule has 2 N–H and O–H groups in total.